The van der Waals surface area contributed by atoms with Crippen LogP contribution >= 0.6 is 0 Å². The second-order valence-electron chi connectivity index (χ2n) is 10.7. The highest BCUT2D eigenvalue weighted by Gasteiger charge is 2.29. The molecule has 1 amide bonds. The highest BCUT2D eigenvalue weighted by atomic mass is 16.7. The van der Waals surface area contributed by atoms with Gasteiger partial charge in [-0.05, 0) is 31.8 Å². The molecule has 0 unspecified atom stereocenters. The van der Waals surface area contributed by atoms with Crippen molar-refractivity contribution in [3.8, 4) is 5.75 Å². The largest absolute Gasteiger partial charge is 0.494 e. The Bertz CT molecular complexity index is 1360. The Hall–Kier alpha value is -4.19. The number of benzene rings is 2. The number of ether oxygens (including phenoxy) is 1. The van der Waals surface area contributed by atoms with E-state index >= 15 is 0 Å². The first-order chi connectivity index (χ1) is 20.4. The number of hydrogen-bond donors (Lipinski definition) is 2. The van der Waals surface area contributed by atoms with Gasteiger partial charge in [-0.1, -0.05) is 36.9 Å². The molecular formula is C31H40N8O3. The summed E-state index contributed by atoms with van der Waals surface area (Å²) in [5.41, 5.74) is 3.41. The molecule has 0 spiro atoms. The number of carbonyl (C=O) groups excluding carboxylic acids is 1. The van der Waals surface area contributed by atoms with Gasteiger partial charge in [0, 0.05) is 57.8 Å². The first-order valence-electron chi connectivity index (χ1n) is 14.3. The van der Waals surface area contributed by atoms with Crippen LogP contribution in [0, 0.1) is 0 Å². The Labute approximate surface area is 247 Å². The maximum atomic E-state index is 12.4. The number of anilines is 5. The fourth-order valence-corrected chi connectivity index (χ4v) is 5.28. The van der Waals surface area contributed by atoms with E-state index in [0.717, 1.165) is 51.4 Å². The number of likely N-dealkylation sites (N-methyl/N-ethyl adjacent to an activating group) is 1. The fourth-order valence-electron chi connectivity index (χ4n) is 5.28. The van der Waals surface area contributed by atoms with Gasteiger partial charge >= 0.3 is 0 Å². The number of amides is 1. The summed E-state index contributed by atoms with van der Waals surface area (Å²) in [5, 5.41) is 8.21. The van der Waals surface area contributed by atoms with E-state index in [4.69, 9.17) is 9.57 Å². The molecule has 0 saturated carbocycles. The Balaban J connectivity index is 1.38. The third-order valence-corrected chi connectivity index (χ3v) is 7.57. The standard InChI is InChI=1S/C31H40N8O3/c1-5-31(40)35-24-19-25(28(41-4)20-27(24)38-16-14-37(15-17-38)13-12-36(2)3)34-29-21-30(33-22-32-29)39-26(11-18-42-39)23-9-7-6-8-10-23/h5-10,19-22,26H,1,11-18H2,2-4H3,(H,35,40)(H,32,33,34)/t26-/m1/s1. The monoisotopic (exact) mass is 572 g/mol. The summed E-state index contributed by atoms with van der Waals surface area (Å²) in [5.74, 6) is 1.58. The lowest BCUT2D eigenvalue weighted by atomic mass is 10.0. The van der Waals surface area contributed by atoms with Crippen molar-refractivity contribution in [3.05, 3.63) is 73.1 Å². The van der Waals surface area contributed by atoms with Gasteiger partial charge < -0.3 is 25.2 Å². The molecule has 222 valence electrons. The average Bonchev–Trinajstić information content (AvgIpc) is 3.51. The molecule has 2 aliphatic heterocycles. The minimum atomic E-state index is -0.278. The van der Waals surface area contributed by atoms with Crippen LogP contribution in [-0.4, -0.2) is 92.8 Å². The summed E-state index contributed by atoms with van der Waals surface area (Å²) < 4.78 is 5.81. The maximum Gasteiger partial charge on any atom is 0.247 e. The third-order valence-electron chi connectivity index (χ3n) is 7.57. The van der Waals surface area contributed by atoms with Crippen LogP contribution in [0.25, 0.3) is 0 Å². The lowest BCUT2D eigenvalue weighted by Gasteiger charge is -2.37. The second-order valence-corrected chi connectivity index (χ2v) is 10.7. The molecule has 2 saturated heterocycles. The maximum absolute atomic E-state index is 12.4. The van der Waals surface area contributed by atoms with E-state index in [1.54, 1.807) is 7.11 Å². The molecule has 42 heavy (non-hydrogen) atoms. The van der Waals surface area contributed by atoms with Crippen molar-refractivity contribution >= 4 is 34.6 Å². The molecule has 2 N–H and O–H groups in total. The minimum Gasteiger partial charge on any atom is -0.494 e. The third kappa shape index (κ3) is 6.99. The zero-order chi connectivity index (χ0) is 29.5. The van der Waals surface area contributed by atoms with Crippen molar-refractivity contribution < 1.29 is 14.4 Å². The summed E-state index contributed by atoms with van der Waals surface area (Å²) in [7, 11) is 5.83. The zero-order valence-electron chi connectivity index (χ0n) is 24.6. The number of carbonyl (C=O) groups is 1. The van der Waals surface area contributed by atoms with Crippen molar-refractivity contribution in [2.45, 2.75) is 12.5 Å². The van der Waals surface area contributed by atoms with Crippen LogP contribution < -0.4 is 25.3 Å². The topological polar surface area (TPSA) is 98.3 Å². The summed E-state index contributed by atoms with van der Waals surface area (Å²) in [4.78, 5) is 34.3. The molecule has 1 atom stereocenters. The van der Waals surface area contributed by atoms with Gasteiger partial charge in [-0.2, -0.15) is 0 Å². The van der Waals surface area contributed by atoms with Crippen molar-refractivity contribution in [1.29, 1.82) is 0 Å². The predicted octanol–water partition coefficient (Wildman–Crippen LogP) is 3.92. The van der Waals surface area contributed by atoms with Gasteiger partial charge in [0.05, 0.1) is 36.8 Å². The van der Waals surface area contributed by atoms with Crippen LogP contribution in [0.4, 0.5) is 28.7 Å². The lowest BCUT2D eigenvalue weighted by molar-refractivity contribution is -0.111. The number of rotatable bonds is 11. The molecule has 0 radical (unpaired) electrons. The highest BCUT2D eigenvalue weighted by molar-refractivity contribution is 6.02. The summed E-state index contributed by atoms with van der Waals surface area (Å²) >= 11 is 0. The van der Waals surface area contributed by atoms with Gasteiger partial charge in [-0.25, -0.2) is 15.0 Å². The summed E-state index contributed by atoms with van der Waals surface area (Å²) in [6.45, 7) is 9.86. The predicted molar refractivity (Wildman–Crippen MR) is 167 cm³/mol. The average molecular weight is 573 g/mol. The molecule has 1 aromatic heterocycles. The van der Waals surface area contributed by atoms with Gasteiger partial charge in [-0.15, -0.1) is 0 Å². The smallest absolute Gasteiger partial charge is 0.247 e. The van der Waals surface area contributed by atoms with Gasteiger partial charge in [0.25, 0.3) is 0 Å². The molecule has 2 aromatic carbocycles. The van der Waals surface area contributed by atoms with Gasteiger partial charge in [0.2, 0.25) is 5.91 Å². The van der Waals surface area contributed by atoms with Gasteiger partial charge in [0.15, 0.2) is 5.82 Å². The van der Waals surface area contributed by atoms with Crippen LogP contribution in [0.1, 0.15) is 18.0 Å². The quantitative estimate of drug-likeness (QED) is 0.329. The van der Waals surface area contributed by atoms with E-state index in [9.17, 15) is 4.79 Å². The van der Waals surface area contributed by atoms with Crippen molar-refractivity contribution in [2.24, 2.45) is 0 Å². The van der Waals surface area contributed by atoms with E-state index in [2.05, 4.69) is 68.1 Å². The fraction of sp³-hybridized carbons (Fsp3) is 0.387. The van der Waals surface area contributed by atoms with Crippen molar-refractivity contribution in [1.82, 2.24) is 19.8 Å². The van der Waals surface area contributed by atoms with Crippen LogP contribution in [0.15, 0.2) is 67.5 Å². The zero-order valence-corrected chi connectivity index (χ0v) is 24.6. The van der Waals surface area contributed by atoms with E-state index in [1.165, 1.54) is 18.0 Å². The Kier molecular flexibility index (Phi) is 9.52. The number of nitrogens with zero attached hydrogens (tertiary/aromatic N) is 6. The van der Waals surface area contributed by atoms with Crippen LogP contribution in [0.2, 0.25) is 0 Å². The van der Waals surface area contributed by atoms with Crippen LogP contribution in [-0.2, 0) is 9.63 Å². The Morgan fingerprint density at radius 1 is 1.12 bits per heavy atom. The normalized spacial score (nSPS) is 17.4. The lowest BCUT2D eigenvalue weighted by Crippen LogP contribution is -2.48. The molecule has 11 heteroatoms. The number of aromatic nitrogens is 2. The molecule has 2 aliphatic rings. The molecule has 3 heterocycles. The van der Waals surface area contributed by atoms with Crippen molar-refractivity contribution in [2.75, 3.05) is 87.7 Å². The number of piperazine rings is 1. The molecule has 0 aliphatic carbocycles. The molecule has 3 aromatic rings. The molecule has 2 fully saturated rings. The Morgan fingerprint density at radius 2 is 1.90 bits per heavy atom. The summed E-state index contributed by atoms with van der Waals surface area (Å²) in [6.07, 6.45) is 3.65. The minimum absolute atomic E-state index is 0.0619. The van der Waals surface area contributed by atoms with Gasteiger partial charge in [0.1, 0.15) is 17.9 Å². The van der Waals surface area contributed by atoms with Crippen molar-refractivity contribution in [3.63, 3.8) is 0 Å². The number of hydroxylamine groups is 1. The van der Waals surface area contributed by atoms with E-state index in [-0.39, 0.29) is 11.9 Å². The number of methoxy groups -OCH3 is 1. The molecule has 5 rings (SSSR count). The van der Waals surface area contributed by atoms with Gasteiger partial charge in [-0.3, -0.25) is 14.5 Å². The summed E-state index contributed by atoms with van der Waals surface area (Å²) in [6, 6.07) is 16.0. The first-order valence-corrected chi connectivity index (χ1v) is 14.3. The molecule has 0 bridgehead atoms. The Morgan fingerprint density at radius 3 is 2.62 bits per heavy atom. The molecule has 11 nitrogen and oxygen atoms in total. The van der Waals surface area contributed by atoms with Crippen LogP contribution in [0.3, 0.4) is 0 Å². The molecular weight excluding hydrogens is 532 g/mol. The van der Waals surface area contributed by atoms with Crippen LogP contribution in [0.5, 0.6) is 5.75 Å². The highest BCUT2D eigenvalue weighted by Crippen LogP contribution is 2.40. The van der Waals surface area contributed by atoms with E-state index in [1.807, 2.05) is 41.5 Å². The van der Waals surface area contributed by atoms with E-state index in [0.29, 0.717) is 35.4 Å². The number of nitrogens with one attached hydrogen (secondary N) is 2. The number of hydrogen-bond acceptors (Lipinski definition) is 10. The first kappa shape index (κ1) is 29.3. The van der Waals surface area contributed by atoms with E-state index < -0.39 is 0 Å². The SMILES string of the molecule is C=CC(=O)Nc1cc(Nc2cc(N3OCC[C@@H]3c3ccccc3)ncn2)c(OC)cc1N1CCN(CCN(C)C)CC1. The second kappa shape index (κ2) is 13.6.